The van der Waals surface area contributed by atoms with Gasteiger partial charge >= 0.3 is 0 Å². The predicted octanol–water partition coefficient (Wildman–Crippen LogP) is 2.26. The van der Waals surface area contributed by atoms with E-state index in [-0.39, 0.29) is 5.41 Å². The number of aromatic nitrogens is 4. The van der Waals surface area contributed by atoms with Crippen molar-refractivity contribution >= 4 is 5.96 Å². The first kappa shape index (κ1) is 18.7. The minimum Gasteiger partial charge on any atom is -0.461 e. The molecule has 3 aromatic rings. The largest absolute Gasteiger partial charge is 0.461 e. The zero-order valence-corrected chi connectivity index (χ0v) is 16.0. The second kappa shape index (κ2) is 8.07. The fraction of sp³-hybridized carbons (Fsp3) is 0.444. The van der Waals surface area contributed by atoms with Crippen LogP contribution in [0.1, 0.15) is 38.2 Å². The molecule has 0 spiro atoms. The normalized spacial score (nSPS) is 12.4. The Morgan fingerprint density at radius 2 is 2.15 bits per heavy atom. The van der Waals surface area contributed by atoms with Gasteiger partial charge in [-0.1, -0.05) is 20.8 Å². The number of nitrogens with zero attached hydrogens (tertiary/aromatic N) is 4. The van der Waals surface area contributed by atoms with Crippen molar-refractivity contribution in [1.29, 1.82) is 0 Å². The maximum atomic E-state index is 5.77. The molecule has 0 aliphatic carbocycles. The first-order chi connectivity index (χ1) is 13.0. The number of nitrogens with one attached hydrogen (secondary N) is 3. The molecule has 3 N–H and O–H groups in total. The molecule has 0 atom stereocenters. The number of aromatic amines is 1. The number of furan rings is 1. The van der Waals surface area contributed by atoms with Crippen molar-refractivity contribution in [2.75, 3.05) is 13.6 Å². The molecule has 0 aliphatic rings. The summed E-state index contributed by atoms with van der Waals surface area (Å²) in [4.78, 5) is 12.9. The van der Waals surface area contributed by atoms with Crippen LogP contribution in [0.3, 0.4) is 0 Å². The Bertz CT molecular complexity index is 872. The molecule has 0 bridgehead atoms. The molecule has 3 heterocycles. The third-order valence-corrected chi connectivity index (χ3v) is 3.85. The van der Waals surface area contributed by atoms with Gasteiger partial charge in [0.25, 0.3) is 0 Å². The smallest absolute Gasteiger partial charge is 0.216 e. The van der Waals surface area contributed by atoms with E-state index in [0.29, 0.717) is 42.9 Å². The number of hydrogen-bond donors (Lipinski definition) is 3. The maximum Gasteiger partial charge on any atom is 0.216 e. The second-order valence-corrected chi connectivity index (χ2v) is 7.05. The molecule has 0 saturated heterocycles. The first-order valence-electron chi connectivity index (χ1n) is 8.80. The monoisotopic (exact) mass is 371 g/mol. The molecule has 144 valence electrons. The number of guanidine groups is 1. The number of rotatable bonds is 6. The second-order valence-electron chi connectivity index (χ2n) is 7.05. The first-order valence-corrected chi connectivity index (χ1v) is 8.80. The minimum atomic E-state index is -0.0588. The summed E-state index contributed by atoms with van der Waals surface area (Å²) in [5.41, 5.74) is -0.0588. The molecule has 0 unspecified atom stereocenters. The van der Waals surface area contributed by atoms with Gasteiger partial charge in [0.15, 0.2) is 11.7 Å². The lowest BCUT2D eigenvalue weighted by atomic mass is 9.94. The Kier molecular flexibility index (Phi) is 5.58. The molecule has 9 heteroatoms. The summed E-state index contributed by atoms with van der Waals surface area (Å²) in [6, 6.07) is 3.63. The van der Waals surface area contributed by atoms with Crippen LogP contribution >= 0.6 is 0 Å². The van der Waals surface area contributed by atoms with Crippen LogP contribution in [-0.4, -0.2) is 39.7 Å². The van der Waals surface area contributed by atoms with Crippen molar-refractivity contribution in [3.05, 3.63) is 42.1 Å². The van der Waals surface area contributed by atoms with E-state index < -0.39 is 0 Å². The average Bonchev–Trinajstić information content (AvgIpc) is 3.38. The zero-order valence-electron chi connectivity index (χ0n) is 16.0. The molecule has 3 rings (SSSR count). The molecular weight excluding hydrogens is 346 g/mol. The van der Waals surface area contributed by atoms with E-state index in [1.165, 1.54) is 0 Å². The maximum absolute atomic E-state index is 5.77. The highest BCUT2D eigenvalue weighted by Crippen LogP contribution is 2.22. The summed E-state index contributed by atoms with van der Waals surface area (Å²) >= 11 is 0. The minimum absolute atomic E-state index is 0.0588. The van der Waals surface area contributed by atoms with Crippen molar-refractivity contribution < 1.29 is 8.83 Å². The van der Waals surface area contributed by atoms with E-state index in [0.717, 1.165) is 11.6 Å². The van der Waals surface area contributed by atoms with Crippen LogP contribution in [0.2, 0.25) is 0 Å². The highest BCUT2D eigenvalue weighted by Gasteiger charge is 2.19. The van der Waals surface area contributed by atoms with E-state index in [2.05, 4.69) is 56.6 Å². The lowest BCUT2D eigenvalue weighted by molar-refractivity contribution is 0.379. The average molecular weight is 371 g/mol. The van der Waals surface area contributed by atoms with Gasteiger partial charge in [0.1, 0.15) is 11.6 Å². The van der Waals surface area contributed by atoms with Gasteiger partial charge in [-0.15, -0.1) is 0 Å². The van der Waals surface area contributed by atoms with Gasteiger partial charge in [-0.05, 0) is 12.1 Å². The predicted molar refractivity (Wildman–Crippen MR) is 101 cm³/mol. The van der Waals surface area contributed by atoms with Crippen molar-refractivity contribution in [3.63, 3.8) is 0 Å². The van der Waals surface area contributed by atoms with Crippen molar-refractivity contribution in [1.82, 2.24) is 30.8 Å². The zero-order chi connectivity index (χ0) is 19.3. The number of oxazole rings is 1. The Morgan fingerprint density at radius 3 is 2.81 bits per heavy atom. The molecule has 3 aromatic heterocycles. The molecule has 0 amide bonds. The Morgan fingerprint density at radius 1 is 1.30 bits per heavy atom. The molecule has 0 fully saturated rings. The van der Waals surface area contributed by atoms with Crippen molar-refractivity contribution in [2.24, 2.45) is 4.99 Å². The van der Waals surface area contributed by atoms with E-state index in [4.69, 9.17) is 8.83 Å². The fourth-order valence-electron chi connectivity index (χ4n) is 2.34. The highest BCUT2D eigenvalue weighted by molar-refractivity contribution is 5.79. The van der Waals surface area contributed by atoms with Crippen molar-refractivity contribution in [3.8, 4) is 11.6 Å². The fourth-order valence-corrected chi connectivity index (χ4v) is 2.34. The summed E-state index contributed by atoms with van der Waals surface area (Å²) in [7, 11) is 1.72. The van der Waals surface area contributed by atoms with E-state index in [1.807, 2.05) is 6.07 Å². The van der Waals surface area contributed by atoms with E-state index in [9.17, 15) is 0 Å². The van der Waals surface area contributed by atoms with Gasteiger partial charge in [-0.2, -0.15) is 5.10 Å². The van der Waals surface area contributed by atoms with Gasteiger partial charge in [0.05, 0.1) is 19.0 Å². The standard InChI is InChI=1S/C18H25N7O2/c1-18(2,3)13-10-21-15(27-13)11-22-17(19-4)20-8-7-14-23-16(25-24-14)12-6-5-9-26-12/h5-6,9-10H,7-8,11H2,1-4H3,(H2,19,20,22)(H,23,24,25). The topological polar surface area (TPSA) is 117 Å². The van der Waals surface area contributed by atoms with Gasteiger partial charge in [0.2, 0.25) is 11.7 Å². The molecule has 9 nitrogen and oxygen atoms in total. The van der Waals surface area contributed by atoms with Crippen LogP contribution in [0.4, 0.5) is 0 Å². The van der Waals surface area contributed by atoms with Crippen LogP contribution in [-0.2, 0) is 18.4 Å². The van der Waals surface area contributed by atoms with Crippen LogP contribution in [0.15, 0.2) is 38.4 Å². The Hall–Kier alpha value is -3.10. The summed E-state index contributed by atoms with van der Waals surface area (Å²) in [5.74, 6) is 4.11. The van der Waals surface area contributed by atoms with Crippen molar-refractivity contribution in [2.45, 2.75) is 39.2 Å². The summed E-state index contributed by atoms with van der Waals surface area (Å²) in [6.07, 6.45) is 4.04. The van der Waals surface area contributed by atoms with Crippen LogP contribution in [0, 0.1) is 0 Å². The SMILES string of the molecule is CN=C(NCCc1nc(-c2ccco2)n[nH]1)NCc1ncc(C(C)(C)C)o1. The molecular formula is C18H25N7O2. The third-order valence-electron chi connectivity index (χ3n) is 3.85. The van der Waals surface area contributed by atoms with E-state index in [1.54, 1.807) is 25.6 Å². The highest BCUT2D eigenvalue weighted by atomic mass is 16.4. The molecule has 0 saturated carbocycles. The van der Waals surface area contributed by atoms with Gasteiger partial charge in [0, 0.05) is 25.4 Å². The van der Waals surface area contributed by atoms with Gasteiger partial charge in [-0.25, -0.2) is 9.97 Å². The number of hydrogen-bond acceptors (Lipinski definition) is 6. The van der Waals surface area contributed by atoms with Gasteiger partial charge < -0.3 is 19.5 Å². The molecule has 0 radical (unpaired) electrons. The lowest BCUT2D eigenvalue weighted by Gasteiger charge is -2.13. The number of aliphatic imine (C=N–C) groups is 1. The van der Waals surface area contributed by atoms with E-state index >= 15 is 0 Å². The Labute approximate surface area is 157 Å². The molecule has 0 aliphatic heterocycles. The Balaban J connectivity index is 1.45. The van der Waals surface area contributed by atoms with Crippen LogP contribution < -0.4 is 10.6 Å². The molecule has 0 aromatic carbocycles. The molecule has 27 heavy (non-hydrogen) atoms. The third kappa shape index (κ3) is 4.96. The summed E-state index contributed by atoms with van der Waals surface area (Å²) < 4.78 is 11.1. The lowest BCUT2D eigenvalue weighted by Crippen LogP contribution is -2.38. The van der Waals surface area contributed by atoms with Crippen LogP contribution in [0.25, 0.3) is 11.6 Å². The van der Waals surface area contributed by atoms with Crippen LogP contribution in [0.5, 0.6) is 0 Å². The summed E-state index contributed by atoms with van der Waals surface area (Å²) in [5, 5.41) is 13.5. The quantitative estimate of drug-likeness (QED) is 0.449. The van der Waals surface area contributed by atoms with Gasteiger partial charge in [-0.3, -0.25) is 10.1 Å². The summed E-state index contributed by atoms with van der Waals surface area (Å²) in [6.45, 7) is 7.37. The number of H-pyrrole nitrogens is 1.